The summed E-state index contributed by atoms with van der Waals surface area (Å²) in [6.45, 7) is 3.58. The Morgan fingerprint density at radius 3 is 2.41 bits per heavy atom. The maximum absolute atomic E-state index is 11.9. The van der Waals surface area contributed by atoms with Gasteiger partial charge in [0, 0.05) is 38.3 Å². The summed E-state index contributed by atoms with van der Waals surface area (Å²) in [6, 6.07) is 12.8. The fourth-order valence-electron chi connectivity index (χ4n) is 2.58. The lowest BCUT2D eigenvalue weighted by Crippen LogP contribution is -2.36. The number of ether oxygens (including phenoxy) is 1. The molecule has 29 heavy (non-hydrogen) atoms. The van der Waals surface area contributed by atoms with Crippen LogP contribution in [0.1, 0.15) is 28.4 Å². The second kappa shape index (κ2) is 12.2. The van der Waals surface area contributed by atoms with Crippen LogP contribution in [0.3, 0.4) is 0 Å². The number of amides is 1. The number of phenolic OH excluding ortho intramolecular Hbond substituents is 1. The van der Waals surface area contributed by atoms with Gasteiger partial charge in [-0.15, -0.1) is 24.0 Å². The number of hydrogen-bond acceptors (Lipinski definition) is 4. The third kappa shape index (κ3) is 7.12. The average Bonchev–Trinajstić information content (AvgIpc) is 2.70. The van der Waals surface area contributed by atoms with Crippen molar-refractivity contribution < 1.29 is 14.6 Å². The summed E-state index contributed by atoms with van der Waals surface area (Å²) in [5, 5.41) is 16.6. The van der Waals surface area contributed by atoms with E-state index in [0.29, 0.717) is 36.9 Å². The molecule has 0 radical (unpaired) electrons. The smallest absolute Gasteiger partial charge is 0.253 e. The van der Waals surface area contributed by atoms with Gasteiger partial charge in [-0.2, -0.15) is 0 Å². The fraction of sp³-hybridized carbons (Fsp3) is 0.333. The second-order valence-electron chi connectivity index (χ2n) is 6.41. The van der Waals surface area contributed by atoms with Gasteiger partial charge in [-0.05, 0) is 30.7 Å². The molecule has 158 valence electrons. The molecule has 2 aromatic rings. The maximum atomic E-state index is 11.9. The van der Waals surface area contributed by atoms with Crippen LogP contribution in [0.15, 0.2) is 47.5 Å². The van der Waals surface area contributed by atoms with Crippen LogP contribution in [0.5, 0.6) is 11.5 Å². The van der Waals surface area contributed by atoms with Crippen LogP contribution in [-0.4, -0.2) is 49.6 Å². The lowest BCUT2D eigenvalue weighted by atomic mass is 10.1. The first kappa shape index (κ1) is 24.5. The second-order valence-corrected chi connectivity index (χ2v) is 6.41. The lowest BCUT2D eigenvalue weighted by molar-refractivity contribution is 0.0827. The zero-order valence-corrected chi connectivity index (χ0v) is 19.6. The predicted octanol–water partition coefficient (Wildman–Crippen LogP) is 2.98. The average molecular weight is 512 g/mol. The molecule has 2 aromatic carbocycles. The number of methoxy groups -OCH3 is 1. The molecule has 0 fully saturated rings. The molecular formula is C21H29IN4O3. The van der Waals surface area contributed by atoms with E-state index in [1.165, 1.54) is 7.11 Å². The molecule has 0 aromatic heterocycles. The number of halogens is 1. The highest BCUT2D eigenvalue weighted by Gasteiger charge is 2.09. The number of benzene rings is 2. The zero-order chi connectivity index (χ0) is 20.5. The van der Waals surface area contributed by atoms with Crippen molar-refractivity contribution >= 4 is 35.8 Å². The quantitative estimate of drug-likeness (QED) is 0.302. The van der Waals surface area contributed by atoms with Crippen LogP contribution < -0.4 is 15.4 Å². The van der Waals surface area contributed by atoms with Crippen molar-refractivity contribution in [3.05, 3.63) is 59.2 Å². The van der Waals surface area contributed by atoms with E-state index in [-0.39, 0.29) is 35.6 Å². The van der Waals surface area contributed by atoms with Gasteiger partial charge >= 0.3 is 0 Å². The van der Waals surface area contributed by atoms with E-state index in [0.717, 1.165) is 11.1 Å². The summed E-state index contributed by atoms with van der Waals surface area (Å²) >= 11 is 0. The SMILES string of the molecule is CCNC(=NCc1ccc(C(=O)N(C)C)cc1)NCc1cccc(OC)c1O.I. The Balaban J connectivity index is 0.00000420. The Morgan fingerprint density at radius 1 is 1.14 bits per heavy atom. The Morgan fingerprint density at radius 2 is 1.83 bits per heavy atom. The van der Waals surface area contributed by atoms with Gasteiger partial charge in [0.05, 0.1) is 13.7 Å². The number of nitrogens with one attached hydrogen (secondary N) is 2. The molecule has 0 saturated heterocycles. The van der Waals surface area contributed by atoms with Gasteiger partial charge in [-0.25, -0.2) is 4.99 Å². The largest absolute Gasteiger partial charge is 0.504 e. The molecule has 0 aliphatic carbocycles. The van der Waals surface area contributed by atoms with Gasteiger partial charge < -0.3 is 25.4 Å². The molecule has 7 nitrogen and oxygen atoms in total. The molecule has 0 saturated carbocycles. The molecule has 2 rings (SSSR count). The third-order valence-corrected chi connectivity index (χ3v) is 4.12. The minimum Gasteiger partial charge on any atom is -0.504 e. The summed E-state index contributed by atoms with van der Waals surface area (Å²) < 4.78 is 5.14. The summed E-state index contributed by atoms with van der Waals surface area (Å²) in [4.78, 5) is 18.1. The van der Waals surface area contributed by atoms with Gasteiger partial charge in [-0.1, -0.05) is 24.3 Å². The third-order valence-electron chi connectivity index (χ3n) is 4.12. The highest BCUT2D eigenvalue weighted by molar-refractivity contribution is 14.0. The van der Waals surface area contributed by atoms with Crippen LogP contribution in [-0.2, 0) is 13.1 Å². The molecule has 0 atom stereocenters. The predicted molar refractivity (Wildman–Crippen MR) is 126 cm³/mol. The van der Waals surface area contributed by atoms with E-state index in [2.05, 4.69) is 15.6 Å². The van der Waals surface area contributed by atoms with Crippen LogP contribution >= 0.6 is 24.0 Å². The van der Waals surface area contributed by atoms with Crippen LogP contribution in [0.25, 0.3) is 0 Å². The van der Waals surface area contributed by atoms with E-state index in [4.69, 9.17) is 4.74 Å². The Hall–Kier alpha value is -2.49. The first-order valence-corrected chi connectivity index (χ1v) is 9.13. The Labute approximate surface area is 189 Å². The van der Waals surface area contributed by atoms with Crippen molar-refractivity contribution in [1.29, 1.82) is 0 Å². The molecule has 0 heterocycles. The molecule has 0 aliphatic heterocycles. The van der Waals surface area contributed by atoms with E-state index in [1.807, 2.05) is 43.3 Å². The summed E-state index contributed by atoms with van der Waals surface area (Å²) in [5.74, 6) is 1.17. The van der Waals surface area contributed by atoms with Crippen LogP contribution in [0, 0.1) is 0 Å². The van der Waals surface area contributed by atoms with Crippen molar-refractivity contribution in [3.63, 3.8) is 0 Å². The zero-order valence-electron chi connectivity index (χ0n) is 17.2. The highest BCUT2D eigenvalue weighted by Crippen LogP contribution is 2.29. The summed E-state index contributed by atoms with van der Waals surface area (Å²) in [5.41, 5.74) is 2.37. The molecule has 8 heteroatoms. The van der Waals surface area contributed by atoms with E-state index in [1.54, 1.807) is 25.1 Å². The Kier molecular flexibility index (Phi) is 10.3. The first-order chi connectivity index (χ1) is 13.5. The molecular weight excluding hydrogens is 483 g/mol. The summed E-state index contributed by atoms with van der Waals surface area (Å²) in [7, 11) is 4.99. The van der Waals surface area contributed by atoms with Crippen molar-refractivity contribution in [1.82, 2.24) is 15.5 Å². The van der Waals surface area contributed by atoms with Crippen molar-refractivity contribution in [3.8, 4) is 11.5 Å². The summed E-state index contributed by atoms with van der Waals surface area (Å²) in [6.07, 6.45) is 0. The topological polar surface area (TPSA) is 86.2 Å². The first-order valence-electron chi connectivity index (χ1n) is 9.13. The van der Waals surface area contributed by atoms with Crippen molar-refractivity contribution in [2.24, 2.45) is 4.99 Å². The molecule has 0 spiro atoms. The molecule has 1 amide bonds. The number of guanidine groups is 1. The molecule has 0 aliphatic rings. The minimum atomic E-state index is -0.0249. The van der Waals surface area contributed by atoms with Gasteiger partial charge in [0.1, 0.15) is 0 Å². The van der Waals surface area contributed by atoms with E-state index < -0.39 is 0 Å². The number of hydrogen-bond donors (Lipinski definition) is 3. The Bertz CT molecular complexity index is 823. The molecule has 0 unspecified atom stereocenters. The number of para-hydroxylation sites is 1. The van der Waals surface area contributed by atoms with Gasteiger partial charge in [0.25, 0.3) is 5.91 Å². The minimum absolute atomic E-state index is 0. The highest BCUT2D eigenvalue weighted by atomic mass is 127. The normalized spacial score (nSPS) is 10.7. The lowest BCUT2D eigenvalue weighted by Gasteiger charge is -2.13. The van der Waals surface area contributed by atoms with Crippen LogP contribution in [0.4, 0.5) is 0 Å². The van der Waals surface area contributed by atoms with Crippen LogP contribution in [0.2, 0.25) is 0 Å². The van der Waals surface area contributed by atoms with Crippen molar-refractivity contribution in [2.45, 2.75) is 20.0 Å². The molecule has 3 N–H and O–H groups in total. The monoisotopic (exact) mass is 512 g/mol. The fourth-order valence-corrected chi connectivity index (χ4v) is 2.58. The number of carbonyl (C=O) groups is 1. The van der Waals surface area contributed by atoms with Gasteiger partial charge in [0.2, 0.25) is 0 Å². The number of aromatic hydroxyl groups is 1. The maximum Gasteiger partial charge on any atom is 0.253 e. The molecule has 0 bridgehead atoms. The number of nitrogens with zero attached hydrogens (tertiary/aromatic N) is 2. The number of carbonyl (C=O) groups excluding carboxylic acids is 1. The number of rotatable bonds is 7. The van der Waals surface area contributed by atoms with Crippen molar-refractivity contribution in [2.75, 3.05) is 27.7 Å². The number of aliphatic imine (C=N–C) groups is 1. The van der Waals surface area contributed by atoms with E-state index in [9.17, 15) is 9.90 Å². The standard InChI is InChI=1S/C21H28N4O3.HI/c1-5-22-21(24-14-17-7-6-8-18(28-4)19(17)26)23-13-15-9-11-16(12-10-15)20(27)25(2)3;/h6-12,26H,5,13-14H2,1-4H3,(H2,22,23,24);1H. The van der Waals surface area contributed by atoms with Gasteiger partial charge in [0.15, 0.2) is 17.5 Å². The number of phenols is 1. The van der Waals surface area contributed by atoms with E-state index >= 15 is 0 Å². The van der Waals surface area contributed by atoms with Gasteiger partial charge in [-0.3, -0.25) is 4.79 Å².